The molecule has 0 saturated carbocycles. The second-order valence-electron chi connectivity index (χ2n) is 3.83. The third kappa shape index (κ3) is 3.48. The second kappa shape index (κ2) is 6.24. The van der Waals surface area contributed by atoms with Gasteiger partial charge in [-0.1, -0.05) is 18.2 Å². The zero-order valence-corrected chi connectivity index (χ0v) is 11.9. The van der Waals surface area contributed by atoms with Crippen LogP contribution in [0.25, 0.3) is 0 Å². The van der Waals surface area contributed by atoms with Crippen molar-refractivity contribution in [1.82, 2.24) is 10.4 Å². The van der Waals surface area contributed by atoms with Crippen LogP contribution in [0.4, 0.5) is 0 Å². The van der Waals surface area contributed by atoms with E-state index in [0.717, 1.165) is 10.2 Å². The quantitative estimate of drug-likeness (QED) is 0.699. The van der Waals surface area contributed by atoms with Crippen molar-refractivity contribution in [3.63, 3.8) is 0 Å². The van der Waals surface area contributed by atoms with Crippen LogP contribution < -0.4 is 5.43 Å². The fourth-order valence-corrected chi connectivity index (χ4v) is 1.94. The number of nitrogens with zero attached hydrogens (tertiary/aromatic N) is 2. The van der Waals surface area contributed by atoms with Crippen molar-refractivity contribution in [2.24, 2.45) is 5.10 Å². The Bertz CT molecular complexity index is 611. The van der Waals surface area contributed by atoms with Crippen LogP contribution in [0.5, 0.6) is 0 Å². The van der Waals surface area contributed by atoms with Crippen LogP contribution in [0.2, 0.25) is 0 Å². The second-order valence-corrected chi connectivity index (χ2v) is 4.69. The van der Waals surface area contributed by atoms with E-state index in [9.17, 15) is 4.79 Å². The van der Waals surface area contributed by atoms with Gasteiger partial charge in [-0.2, -0.15) is 5.10 Å². The molecule has 1 N–H and O–H groups in total. The summed E-state index contributed by atoms with van der Waals surface area (Å²) in [6.45, 7) is 1.79. The Hall–Kier alpha value is -2.01. The topological polar surface area (TPSA) is 54.4 Å². The highest BCUT2D eigenvalue weighted by molar-refractivity contribution is 9.10. The lowest BCUT2D eigenvalue weighted by Gasteiger charge is -2.03. The van der Waals surface area contributed by atoms with Crippen molar-refractivity contribution in [1.29, 1.82) is 0 Å². The third-order valence-electron chi connectivity index (χ3n) is 2.48. The van der Waals surface area contributed by atoms with Crippen LogP contribution in [0, 0.1) is 0 Å². The summed E-state index contributed by atoms with van der Waals surface area (Å²) in [7, 11) is 0. The first kappa shape index (κ1) is 13.4. The Kier molecular flexibility index (Phi) is 4.41. The minimum Gasteiger partial charge on any atom is -0.267 e. The van der Waals surface area contributed by atoms with Crippen LogP contribution in [0.15, 0.2) is 58.2 Å². The van der Waals surface area contributed by atoms with E-state index in [2.05, 4.69) is 31.4 Å². The summed E-state index contributed by atoms with van der Waals surface area (Å²) >= 11 is 3.33. The zero-order valence-electron chi connectivity index (χ0n) is 10.3. The smallest absolute Gasteiger partial charge is 0.267 e. The summed E-state index contributed by atoms with van der Waals surface area (Å²) in [4.78, 5) is 16.1. The van der Waals surface area contributed by atoms with Gasteiger partial charge in [-0.25, -0.2) is 5.43 Å². The van der Waals surface area contributed by atoms with E-state index < -0.39 is 0 Å². The molecular weight excluding hydrogens is 306 g/mol. The molecule has 1 aromatic heterocycles. The highest BCUT2D eigenvalue weighted by atomic mass is 79.9. The number of pyridine rings is 1. The monoisotopic (exact) mass is 317 g/mol. The fraction of sp³-hybridized carbons (Fsp3) is 0.0714. The Morgan fingerprint density at radius 3 is 2.63 bits per heavy atom. The van der Waals surface area contributed by atoms with E-state index in [0.29, 0.717) is 11.3 Å². The molecule has 1 heterocycles. The molecule has 0 aliphatic rings. The largest absolute Gasteiger partial charge is 0.272 e. The molecule has 0 aliphatic heterocycles. The fourth-order valence-electron chi connectivity index (χ4n) is 1.47. The zero-order chi connectivity index (χ0) is 13.7. The van der Waals surface area contributed by atoms with Crippen molar-refractivity contribution < 1.29 is 4.79 Å². The molecule has 4 nitrogen and oxygen atoms in total. The summed E-state index contributed by atoms with van der Waals surface area (Å²) in [5.41, 5.74) is 4.44. The standard InChI is InChI=1S/C14H12BrN3O/c1-10(13-8-4-5-9-16-13)17-18-14(19)11-6-2-3-7-12(11)15/h2-9H,1H3,(H,18,19). The highest BCUT2D eigenvalue weighted by Crippen LogP contribution is 2.15. The van der Waals surface area contributed by atoms with E-state index in [4.69, 9.17) is 0 Å². The van der Waals surface area contributed by atoms with Crippen LogP contribution >= 0.6 is 15.9 Å². The minimum atomic E-state index is -0.261. The molecule has 2 aromatic rings. The molecule has 0 fully saturated rings. The number of benzene rings is 1. The molecule has 0 saturated heterocycles. The number of nitrogens with one attached hydrogen (secondary N) is 1. The van der Waals surface area contributed by atoms with Crippen LogP contribution in [-0.4, -0.2) is 16.6 Å². The summed E-state index contributed by atoms with van der Waals surface area (Å²) in [5, 5.41) is 4.05. The lowest BCUT2D eigenvalue weighted by atomic mass is 10.2. The van der Waals surface area contributed by atoms with E-state index in [-0.39, 0.29) is 5.91 Å². The molecule has 0 aliphatic carbocycles. The number of hydrazone groups is 1. The molecule has 0 radical (unpaired) electrons. The average molecular weight is 318 g/mol. The maximum Gasteiger partial charge on any atom is 0.272 e. The molecule has 2 rings (SSSR count). The molecule has 5 heteroatoms. The van der Waals surface area contributed by atoms with Gasteiger partial charge in [0.05, 0.1) is 17.0 Å². The predicted molar refractivity (Wildman–Crippen MR) is 78.1 cm³/mol. The number of halogens is 1. The molecule has 0 unspecified atom stereocenters. The van der Waals surface area contributed by atoms with Gasteiger partial charge >= 0.3 is 0 Å². The van der Waals surface area contributed by atoms with Gasteiger partial charge < -0.3 is 0 Å². The Morgan fingerprint density at radius 1 is 1.21 bits per heavy atom. The molecule has 1 amide bonds. The third-order valence-corrected chi connectivity index (χ3v) is 3.17. The predicted octanol–water partition coefficient (Wildman–Crippen LogP) is 3.00. The van der Waals surface area contributed by atoms with Crippen molar-refractivity contribution in [2.45, 2.75) is 6.92 Å². The van der Waals surface area contributed by atoms with E-state index in [1.807, 2.05) is 30.3 Å². The molecule has 1 aromatic carbocycles. The molecule has 96 valence electrons. The lowest BCUT2D eigenvalue weighted by molar-refractivity contribution is 0.0954. The van der Waals surface area contributed by atoms with Crippen LogP contribution in [-0.2, 0) is 0 Å². The Balaban J connectivity index is 2.11. The summed E-state index contributed by atoms with van der Waals surface area (Å²) in [6.07, 6.45) is 1.68. The van der Waals surface area contributed by atoms with Gasteiger partial charge in [-0.3, -0.25) is 9.78 Å². The SMILES string of the molecule is CC(=NNC(=O)c1ccccc1Br)c1ccccn1. The van der Waals surface area contributed by atoms with Gasteiger partial charge in [0.25, 0.3) is 5.91 Å². The molecule has 0 atom stereocenters. The highest BCUT2D eigenvalue weighted by Gasteiger charge is 2.08. The number of hydrogen-bond donors (Lipinski definition) is 1. The maximum absolute atomic E-state index is 11.9. The number of hydrogen-bond acceptors (Lipinski definition) is 3. The van der Waals surface area contributed by atoms with Gasteiger partial charge in [-0.15, -0.1) is 0 Å². The van der Waals surface area contributed by atoms with Gasteiger partial charge in [0.15, 0.2) is 0 Å². The van der Waals surface area contributed by atoms with Crippen LogP contribution in [0.1, 0.15) is 23.0 Å². The van der Waals surface area contributed by atoms with Gasteiger partial charge in [0.2, 0.25) is 0 Å². The normalized spacial score (nSPS) is 11.2. The van der Waals surface area contributed by atoms with Crippen molar-refractivity contribution in [3.05, 3.63) is 64.4 Å². The molecule has 0 spiro atoms. The van der Waals surface area contributed by atoms with Crippen molar-refractivity contribution in [3.8, 4) is 0 Å². The molecule has 0 bridgehead atoms. The first-order valence-corrected chi connectivity index (χ1v) is 6.48. The van der Waals surface area contributed by atoms with E-state index >= 15 is 0 Å². The molecule has 19 heavy (non-hydrogen) atoms. The maximum atomic E-state index is 11.9. The molecular formula is C14H12BrN3O. The van der Waals surface area contributed by atoms with Gasteiger partial charge in [-0.05, 0) is 47.1 Å². The number of carbonyl (C=O) groups is 1. The average Bonchev–Trinajstić information content (AvgIpc) is 2.46. The Labute approximate surface area is 119 Å². The summed E-state index contributed by atoms with van der Waals surface area (Å²) < 4.78 is 0.734. The minimum absolute atomic E-state index is 0.261. The number of rotatable bonds is 3. The van der Waals surface area contributed by atoms with E-state index in [1.165, 1.54) is 0 Å². The van der Waals surface area contributed by atoms with Crippen molar-refractivity contribution >= 4 is 27.5 Å². The van der Waals surface area contributed by atoms with Gasteiger partial charge in [0, 0.05) is 10.7 Å². The Morgan fingerprint density at radius 2 is 1.95 bits per heavy atom. The summed E-state index contributed by atoms with van der Waals surface area (Å²) in [6, 6.07) is 12.7. The number of aromatic nitrogens is 1. The first-order chi connectivity index (χ1) is 9.18. The van der Waals surface area contributed by atoms with Crippen LogP contribution in [0.3, 0.4) is 0 Å². The van der Waals surface area contributed by atoms with Crippen molar-refractivity contribution in [2.75, 3.05) is 0 Å². The first-order valence-electron chi connectivity index (χ1n) is 5.69. The lowest BCUT2D eigenvalue weighted by Crippen LogP contribution is -2.20. The van der Waals surface area contributed by atoms with E-state index in [1.54, 1.807) is 25.3 Å². The summed E-state index contributed by atoms with van der Waals surface area (Å²) in [5.74, 6) is -0.261. The van der Waals surface area contributed by atoms with Gasteiger partial charge in [0.1, 0.15) is 0 Å². The number of carbonyl (C=O) groups excluding carboxylic acids is 1. The number of amides is 1.